The maximum absolute atomic E-state index is 9.28. The Morgan fingerprint density at radius 3 is 2.82 bits per heavy atom. The first-order valence-corrected chi connectivity index (χ1v) is 6.11. The monoisotopic (exact) mass is 232 g/mol. The molecule has 92 valence electrons. The molecule has 1 unspecified atom stereocenters. The van der Waals surface area contributed by atoms with Crippen LogP contribution >= 0.6 is 0 Å². The van der Waals surface area contributed by atoms with Crippen LogP contribution in [0.5, 0.6) is 0 Å². The summed E-state index contributed by atoms with van der Waals surface area (Å²) in [6.07, 6.45) is 1.96. The van der Waals surface area contributed by atoms with Crippen LogP contribution in [-0.2, 0) is 6.54 Å². The quantitative estimate of drug-likeness (QED) is 0.740. The van der Waals surface area contributed by atoms with E-state index in [4.69, 9.17) is 0 Å². The summed E-state index contributed by atoms with van der Waals surface area (Å²) < 4.78 is 0. The highest BCUT2D eigenvalue weighted by Crippen LogP contribution is 2.17. The van der Waals surface area contributed by atoms with E-state index in [0.29, 0.717) is 5.92 Å². The highest BCUT2D eigenvalue weighted by Gasteiger charge is 2.11. The summed E-state index contributed by atoms with van der Waals surface area (Å²) in [5.41, 5.74) is 2.43. The fourth-order valence-corrected chi connectivity index (χ4v) is 2.06. The van der Waals surface area contributed by atoms with E-state index in [-0.39, 0.29) is 12.6 Å². The van der Waals surface area contributed by atoms with Crippen LogP contribution < -0.4 is 5.32 Å². The molecule has 17 heavy (non-hydrogen) atoms. The Labute approximate surface area is 102 Å². The van der Waals surface area contributed by atoms with Crippen molar-refractivity contribution in [2.75, 3.05) is 6.61 Å². The Morgan fingerprint density at radius 1 is 1.29 bits per heavy atom. The number of hydrogen-bond acceptors (Lipinski definition) is 2. The second-order valence-electron chi connectivity index (χ2n) is 4.77. The van der Waals surface area contributed by atoms with E-state index in [2.05, 4.69) is 48.4 Å². The number of benzene rings is 1. The van der Waals surface area contributed by atoms with Crippen LogP contribution in [0.4, 0.5) is 0 Å². The van der Waals surface area contributed by atoms with Crippen LogP contribution in [0, 0.1) is 5.92 Å². The lowest BCUT2D eigenvalue weighted by Crippen LogP contribution is -2.36. The molecule has 2 aromatic rings. The van der Waals surface area contributed by atoms with E-state index in [1.54, 1.807) is 0 Å². The molecule has 0 radical (unpaired) electrons. The minimum Gasteiger partial charge on any atom is -0.395 e. The van der Waals surface area contributed by atoms with Crippen LogP contribution in [0.1, 0.15) is 19.4 Å². The van der Waals surface area contributed by atoms with Crippen molar-refractivity contribution in [2.24, 2.45) is 5.92 Å². The average Bonchev–Trinajstić information content (AvgIpc) is 2.78. The summed E-state index contributed by atoms with van der Waals surface area (Å²) in [6, 6.07) is 8.50. The number of fused-ring (bicyclic) bond motifs is 1. The molecule has 1 aromatic carbocycles. The topological polar surface area (TPSA) is 48.0 Å². The van der Waals surface area contributed by atoms with E-state index in [9.17, 15) is 5.11 Å². The van der Waals surface area contributed by atoms with Crippen molar-refractivity contribution >= 4 is 10.9 Å². The first-order chi connectivity index (χ1) is 8.22. The molecule has 0 saturated carbocycles. The van der Waals surface area contributed by atoms with E-state index >= 15 is 0 Å². The Hall–Kier alpha value is -1.32. The molecule has 0 aliphatic carbocycles. The molecule has 3 N–H and O–H groups in total. The minimum absolute atomic E-state index is 0.157. The maximum Gasteiger partial charge on any atom is 0.0587 e. The molecule has 1 atom stereocenters. The number of aliphatic hydroxyl groups is 1. The zero-order chi connectivity index (χ0) is 12.3. The summed E-state index contributed by atoms with van der Waals surface area (Å²) in [5.74, 6) is 0.436. The Bertz CT molecular complexity index is 476. The Kier molecular flexibility index (Phi) is 3.82. The number of nitrogens with one attached hydrogen (secondary N) is 2. The molecule has 0 bridgehead atoms. The fourth-order valence-electron chi connectivity index (χ4n) is 2.06. The molecular formula is C14H20N2O. The van der Waals surface area contributed by atoms with Crippen LogP contribution in [0.2, 0.25) is 0 Å². The minimum atomic E-state index is 0.157. The molecule has 0 aliphatic rings. The predicted octanol–water partition coefficient (Wildman–Crippen LogP) is 2.27. The molecule has 0 amide bonds. The van der Waals surface area contributed by atoms with Gasteiger partial charge in [-0.15, -0.1) is 0 Å². The Balaban J connectivity index is 2.10. The molecule has 0 saturated heterocycles. The molecule has 3 heteroatoms. The van der Waals surface area contributed by atoms with Gasteiger partial charge in [-0.2, -0.15) is 0 Å². The summed E-state index contributed by atoms with van der Waals surface area (Å²) >= 11 is 0. The van der Waals surface area contributed by atoms with E-state index in [1.165, 1.54) is 10.9 Å². The molecule has 2 rings (SSSR count). The average molecular weight is 232 g/mol. The lowest BCUT2D eigenvalue weighted by atomic mass is 10.0. The number of hydrogen-bond donors (Lipinski definition) is 3. The summed E-state index contributed by atoms with van der Waals surface area (Å²) in [6.45, 7) is 5.20. The van der Waals surface area contributed by atoms with Gasteiger partial charge in [0, 0.05) is 29.7 Å². The first kappa shape index (κ1) is 12.1. The van der Waals surface area contributed by atoms with Gasteiger partial charge in [-0.1, -0.05) is 26.0 Å². The number of aromatic nitrogens is 1. The molecule has 0 aliphatic heterocycles. The van der Waals surface area contributed by atoms with E-state index in [1.807, 2.05) is 6.20 Å². The van der Waals surface area contributed by atoms with Crippen molar-refractivity contribution in [1.82, 2.24) is 10.3 Å². The lowest BCUT2D eigenvalue weighted by molar-refractivity contribution is 0.210. The van der Waals surface area contributed by atoms with Gasteiger partial charge in [0.2, 0.25) is 0 Å². The lowest BCUT2D eigenvalue weighted by Gasteiger charge is -2.20. The normalized spacial score (nSPS) is 13.4. The van der Waals surface area contributed by atoms with Crippen LogP contribution in [-0.4, -0.2) is 22.7 Å². The van der Waals surface area contributed by atoms with Crippen LogP contribution in [0.3, 0.4) is 0 Å². The van der Waals surface area contributed by atoms with Crippen LogP contribution in [0.15, 0.2) is 30.5 Å². The van der Waals surface area contributed by atoms with Crippen molar-refractivity contribution < 1.29 is 5.11 Å². The SMILES string of the molecule is CC(C)C(CO)NCc1cccc2[nH]ccc12. The number of rotatable bonds is 5. The largest absolute Gasteiger partial charge is 0.395 e. The molecule has 0 fully saturated rings. The van der Waals surface area contributed by atoms with E-state index < -0.39 is 0 Å². The van der Waals surface area contributed by atoms with Gasteiger partial charge in [0.05, 0.1) is 6.61 Å². The number of aliphatic hydroxyl groups excluding tert-OH is 1. The standard InChI is InChI=1S/C14H20N2O/c1-10(2)14(9-17)16-8-11-4-3-5-13-12(11)6-7-15-13/h3-7,10,14-17H,8-9H2,1-2H3. The zero-order valence-corrected chi connectivity index (χ0v) is 10.4. The predicted molar refractivity (Wildman–Crippen MR) is 70.9 cm³/mol. The van der Waals surface area contributed by atoms with Crippen molar-refractivity contribution in [1.29, 1.82) is 0 Å². The molecular weight excluding hydrogens is 212 g/mol. The summed E-state index contributed by atoms with van der Waals surface area (Å²) in [7, 11) is 0. The third-order valence-corrected chi connectivity index (χ3v) is 3.24. The highest BCUT2D eigenvalue weighted by molar-refractivity contribution is 5.82. The van der Waals surface area contributed by atoms with Crippen molar-refractivity contribution in [3.63, 3.8) is 0 Å². The number of aromatic amines is 1. The van der Waals surface area contributed by atoms with Gasteiger partial charge in [-0.05, 0) is 23.6 Å². The van der Waals surface area contributed by atoms with Crippen molar-refractivity contribution in [2.45, 2.75) is 26.4 Å². The van der Waals surface area contributed by atoms with Crippen molar-refractivity contribution in [3.05, 3.63) is 36.0 Å². The highest BCUT2D eigenvalue weighted by atomic mass is 16.3. The van der Waals surface area contributed by atoms with Crippen molar-refractivity contribution in [3.8, 4) is 0 Å². The third-order valence-electron chi connectivity index (χ3n) is 3.24. The van der Waals surface area contributed by atoms with Crippen LogP contribution in [0.25, 0.3) is 10.9 Å². The van der Waals surface area contributed by atoms with Gasteiger partial charge in [0.1, 0.15) is 0 Å². The fraction of sp³-hybridized carbons (Fsp3) is 0.429. The Morgan fingerprint density at radius 2 is 2.12 bits per heavy atom. The van der Waals surface area contributed by atoms with Gasteiger partial charge in [0.25, 0.3) is 0 Å². The molecule has 1 heterocycles. The molecule has 1 aromatic heterocycles. The van der Waals surface area contributed by atoms with Gasteiger partial charge in [-0.25, -0.2) is 0 Å². The van der Waals surface area contributed by atoms with Gasteiger partial charge >= 0.3 is 0 Å². The first-order valence-electron chi connectivity index (χ1n) is 6.11. The van der Waals surface area contributed by atoms with Gasteiger partial charge in [-0.3, -0.25) is 0 Å². The molecule has 3 nitrogen and oxygen atoms in total. The smallest absolute Gasteiger partial charge is 0.0587 e. The third kappa shape index (κ3) is 2.68. The zero-order valence-electron chi connectivity index (χ0n) is 10.4. The van der Waals surface area contributed by atoms with E-state index in [0.717, 1.165) is 12.1 Å². The maximum atomic E-state index is 9.28. The van der Waals surface area contributed by atoms with Gasteiger partial charge < -0.3 is 15.4 Å². The summed E-state index contributed by atoms with van der Waals surface area (Å²) in [4.78, 5) is 3.21. The number of H-pyrrole nitrogens is 1. The van der Waals surface area contributed by atoms with Gasteiger partial charge in [0.15, 0.2) is 0 Å². The second-order valence-corrected chi connectivity index (χ2v) is 4.77. The summed E-state index contributed by atoms with van der Waals surface area (Å²) in [5, 5.41) is 13.9. The molecule has 0 spiro atoms. The second kappa shape index (κ2) is 5.34.